The molecule has 0 saturated carbocycles. The van der Waals surface area contributed by atoms with Crippen molar-refractivity contribution >= 4 is 5.52 Å². The van der Waals surface area contributed by atoms with Gasteiger partial charge in [0.15, 0.2) is 0 Å². The summed E-state index contributed by atoms with van der Waals surface area (Å²) in [6, 6.07) is 15.1. The molecule has 3 aromatic heterocycles. The van der Waals surface area contributed by atoms with Gasteiger partial charge in [-0.25, -0.2) is 0 Å². The van der Waals surface area contributed by atoms with Crippen LogP contribution in [-0.2, 0) is 0 Å². The maximum atomic E-state index is 2.36. The fourth-order valence-electron chi connectivity index (χ4n) is 3.78. The lowest BCUT2D eigenvalue weighted by molar-refractivity contribution is 1.04. The van der Waals surface area contributed by atoms with Crippen LogP contribution in [-0.4, -0.2) is 8.97 Å². The third-order valence-electron chi connectivity index (χ3n) is 4.88. The molecule has 0 aliphatic carbocycles. The molecule has 4 aromatic rings. The molecule has 4 rings (SSSR count). The van der Waals surface area contributed by atoms with Crippen LogP contribution in [0.25, 0.3) is 22.5 Å². The molecule has 0 fully saturated rings. The van der Waals surface area contributed by atoms with Gasteiger partial charge in [-0.3, -0.25) is 0 Å². The molecule has 3 heterocycles. The van der Waals surface area contributed by atoms with Gasteiger partial charge in [-0.2, -0.15) is 0 Å². The summed E-state index contributed by atoms with van der Waals surface area (Å²) < 4.78 is 4.57. The SMILES string of the molecule is Cc1cccc(C)c1-n1ccc(C)c1-c1c(C)cn2ccccc12. The van der Waals surface area contributed by atoms with Crippen molar-refractivity contribution in [1.82, 2.24) is 8.97 Å². The highest BCUT2D eigenvalue weighted by Gasteiger charge is 2.18. The Labute approximate surface area is 143 Å². The van der Waals surface area contributed by atoms with Crippen LogP contribution in [0.1, 0.15) is 22.3 Å². The first kappa shape index (κ1) is 14.8. The Kier molecular flexibility index (Phi) is 3.34. The third-order valence-corrected chi connectivity index (χ3v) is 4.88. The summed E-state index contributed by atoms with van der Waals surface area (Å²) in [6.07, 6.45) is 6.53. The van der Waals surface area contributed by atoms with Crippen molar-refractivity contribution in [3.8, 4) is 16.9 Å². The van der Waals surface area contributed by atoms with Gasteiger partial charge in [0.25, 0.3) is 0 Å². The van der Waals surface area contributed by atoms with Crippen LogP contribution < -0.4 is 0 Å². The average Bonchev–Trinajstić information content (AvgIpc) is 3.06. The van der Waals surface area contributed by atoms with Crippen LogP contribution >= 0.6 is 0 Å². The first-order valence-electron chi connectivity index (χ1n) is 8.39. The standard InChI is InChI=1S/C22H22N2/c1-15-8-7-9-16(2)21(15)24-13-11-17(3)22(24)20-18(4)14-23-12-6-5-10-19(20)23/h5-14H,1-4H3. The lowest BCUT2D eigenvalue weighted by atomic mass is 10.0. The van der Waals surface area contributed by atoms with E-state index in [-0.39, 0.29) is 0 Å². The molecular weight excluding hydrogens is 292 g/mol. The zero-order valence-electron chi connectivity index (χ0n) is 14.7. The molecule has 0 N–H and O–H groups in total. The smallest absolute Gasteiger partial charge is 0.0582 e. The quantitative estimate of drug-likeness (QED) is 0.453. The van der Waals surface area contributed by atoms with Gasteiger partial charge in [-0.1, -0.05) is 24.3 Å². The number of hydrogen-bond donors (Lipinski definition) is 0. The Bertz CT molecular complexity index is 1030. The van der Waals surface area contributed by atoms with E-state index in [9.17, 15) is 0 Å². The highest BCUT2D eigenvalue weighted by Crippen LogP contribution is 2.35. The van der Waals surface area contributed by atoms with Gasteiger partial charge in [0.05, 0.1) is 16.9 Å². The van der Waals surface area contributed by atoms with Crippen molar-refractivity contribution < 1.29 is 0 Å². The van der Waals surface area contributed by atoms with Crippen LogP contribution in [0, 0.1) is 27.7 Å². The van der Waals surface area contributed by atoms with E-state index in [4.69, 9.17) is 0 Å². The van der Waals surface area contributed by atoms with E-state index >= 15 is 0 Å². The van der Waals surface area contributed by atoms with E-state index in [1.54, 1.807) is 0 Å². The zero-order chi connectivity index (χ0) is 16.8. The molecule has 0 radical (unpaired) electrons. The molecular formula is C22H22N2. The molecule has 120 valence electrons. The number of pyridine rings is 1. The van der Waals surface area contributed by atoms with Gasteiger partial charge in [-0.05, 0) is 68.1 Å². The van der Waals surface area contributed by atoms with E-state index in [0.29, 0.717) is 0 Å². The highest BCUT2D eigenvalue weighted by molar-refractivity contribution is 5.85. The molecule has 2 nitrogen and oxygen atoms in total. The number of hydrogen-bond acceptors (Lipinski definition) is 0. The van der Waals surface area contributed by atoms with E-state index < -0.39 is 0 Å². The summed E-state index contributed by atoms with van der Waals surface area (Å²) >= 11 is 0. The van der Waals surface area contributed by atoms with Gasteiger partial charge in [0.1, 0.15) is 0 Å². The minimum atomic E-state index is 1.25. The number of nitrogens with zero attached hydrogens (tertiary/aromatic N) is 2. The lowest BCUT2D eigenvalue weighted by Gasteiger charge is -2.16. The number of aryl methyl sites for hydroxylation is 4. The van der Waals surface area contributed by atoms with Crippen LogP contribution in [0.5, 0.6) is 0 Å². The molecule has 0 atom stereocenters. The van der Waals surface area contributed by atoms with Crippen LogP contribution in [0.3, 0.4) is 0 Å². The van der Waals surface area contributed by atoms with Crippen molar-refractivity contribution in [3.63, 3.8) is 0 Å². The number of fused-ring (bicyclic) bond motifs is 1. The van der Waals surface area contributed by atoms with Crippen molar-refractivity contribution in [3.05, 3.63) is 83.3 Å². The fraction of sp³-hybridized carbons (Fsp3) is 0.182. The second-order valence-electron chi connectivity index (χ2n) is 6.64. The minimum absolute atomic E-state index is 1.25. The Balaban J connectivity index is 2.07. The number of benzene rings is 1. The predicted octanol–water partition coefficient (Wildman–Crippen LogP) is 5.63. The van der Waals surface area contributed by atoms with Crippen molar-refractivity contribution in [2.45, 2.75) is 27.7 Å². The molecule has 2 heteroatoms. The fourth-order valence-corrected chi connectivity index (χ4v) is 3.78. The van der Waals surface area contributed by atoms with E-state index in [1.165, 1.54) is 44.7 Å². The lowest BCUT2D eigenvalue weighted by Crippen LogP contribution is -2.01. The Hall–Kier alpha value is -2.74. The molecule has 1 aromatic carbocycles. The van der Waals surface area contributed by atoms with Crippen LogP contribution in [0.15, 0.2) is 61.1 Å². The topological polar surface area (TPSA) is 9.34 Å². The average molecular weight is 314 g/mol. The maximum absolute atomic E-state index is 2.36. The first-order chi connectivity index (χ1) is 11.6. The summed E-state index contributed by atoms with van der Waals surface area (Å²) in [4.78, 5) is 0. The zero-order valence-corrected chi connectivity index (χ0v) is 14.7. The molecule has 0 aliphatic rings. The minimum Gasteiger partial charge on any atom is -0.323 e. The number of rotatable bonds is 2. The molecule has 0 spiro atoms. The predicted molar refractivity (Wildman–Crippen MR) is 101 cm³/mol. The van der Waals surface area contributed by atoms with Crippen molar-refractivity contribution in [2.24, 2.45) is 0 Å². The second kappa shape index (κ2) is 5.41. The van der Waals surface area contributed by atoms with E-state index in [0.717, 1.165) is 0 Å². The molecule has 0 saturated heterocycles. The molecule has 24 heavy (non-hydrogen) atoms. The van der Waals surface area contributed by atoms with E-state index in [1.807, 2.05) is 0 Å². The molecule has 0 amide bonds. The van der Waals surface area contributed by atoms with Gasteiger partial charge in [-0.15, -0.1) is 0 Å². The van der Waals surface area contributed by atoms with Crippen molar-refractivity contribution in [2.75, 3.05) is 0 Å². The largest absolute Gasteiger partial charge is 0.323 e. The normalized spacial score (nSPS) is 11.3. The summed E-state index contributed by atoms with van der Waals surface area (Å²) in [6.45, 7) is 8.77. The Morgan fingerprint density at radius 3 is 2.17 bits per heavy atom. The second-order valence-corrected chi connectivity index (χ2v) is 6.64. The van der Waals surface area contributed by atoms with Gasteiger partial charge >= 0.3 is 0 Å². The van der Waals surface area contributed by atoms with Gasteiger partial charge in [0.2, 0.25) is 0 Å². The van der Waals surface area contributed by atoms with Crippen LogP contribution in [0.4, 0.5) is 0 Å². The van der Waals surface area contributed by atoms with Crippen molar-refractivity contribution in [1.29, 1.82) is 0 Å². The Morgan fingerprint density at radius 1 is 0.667 bits per heavy atom. The Morgan fingerprint density at radius 2 is 1.42 bits per heavy atom. The third kappa shape index (κ3) is 2.10. The monoisotopic (exact) mass is 314 g/mol. The summed E-state index contributed by atoms with van der Waals surface area (Å²) in [5.41, 5.74) is 10.4. The molecule has 0 bridgehead atoms. The summed E-state index contributed by atoms with van der Waals surface area (Å²) in [5, 5.41) is 0. The van der Waals surface area contributed by atoms with Crippen LogP contribution in [0.2, 0.25) is 0 Å². The summed E-state index contributed by atoms with van der Waals surface area (Å²) in [7, 11) is 0. The maximum Gasteiger partial charge on any atom is 0.0582 e. The van der Waals surface area contributed by atoms with E-state index in [2.05, 4.69) is 97.7 Å². The van der Waals surface area contributed by atoms with Gasteiger partial charge < -0.3 is 8.97 Å². The molecule has 0 unspecified atom stereocenters. The molecule has 0 aliphatic heterocycles. The number of para-hydroxylation sites is 1. The first-order valence-corrected chi connectivity index (χ1v) is 8.39. The summed E-state index contributed by atoms with van der Waals surface area (Å²) in [5.74, 6) is 0. The van der Waals surface area contributed by atoms with Gasteiger partial charge in [0, 0.05) is 24.2 Å². The highest BCUT2D eigenvalue weighted by atomic mass is 15.0. The number of aromatic nitrogens is 2.